The highest BCUT2D eigenvalue weighted by Gasteiger charge is 2.29. The number of rotatable bonds is 3. The maximum Gasteiger partial charge on any atom is 0.319 e. The highest BCUT2D eigenvalue weighted by Crippen LogP contribution is 2.30. The molecule has 1 aliphatic heterocycles. The maximum absolute atomic E-state index is 13.8. The van der Waals surface area contributed by atoms with Gasteiger partial charge in [-0.15, -0.1) is 10.2 Å². The van der Waals surface area contributed by atoms with Gasteiger partial charge >= 0.3 is 5.97 Å². The molecule has 1 aromatic heterocycles. The Hall–Kier alpha value is -1.89. The first-order valence-corrected chi connectivity index (χ1v) is 7.02. The molecule has 0 aliphatic carbocycles. The lowest BCUT2D eigenvalue weighted by molar-refractivity contribution is -0.137. The van der Waals surface area contributed by atoms with Crippen molar-refractivity contribution >= 4 is 17.7 Å². The predicted octanol–water partition coefficient (Wildman–Crippen LogP) is 2.03. The van der Waals surface area contributed by atoms with Gasteiger partial charge in [-0.2, -0.15) is 0 Å². The molecule has 1 unspecified atom stereocenters. The van der Waals surface area contributed by atoms with Gasteiger partial charge in [0.15, 0.2) is 11.0 Å². The van der Waals surface area contributed by atoms with Crippen LogP contribution in [0.4, 0.5) is 4.39 Å². The quantitative estimate of drug-likeness (QED) is 0.810. The van der Waals surface area contributed by atoms with Crippen LogP contribution in [0, 0.1) is 5.82 Å². The maximum atomic E-state index is 13.8. The van der Waals surface area contributed by atoms with Gasteiger partial charge in [0, 0.05) is 13.5 Å². The Morgan fingerprint density at radius 2 is 2.20 bits per heavy atom. The Bertz CT molecular complexity index is 659. The zero-order chi connectivity index (χ0) is 14.1. The van der Waals surface area contributed by atoms with Gasteiger partial charge in [-0.25, -0.2) is 4.39 Å². The number of cyclic esters (lactones) is 1. The monoisotopic (exact) mass is 293 g/mol. The second-order valence-corrected chi connectivity index (χ2v) is 5.58. The number of hydrogen-bond acceptors (Lipinski definition) is 5. The smallest absolute Gasteiger partial charge is 0.319 e. The Balaban J connectivity index is 1.89. The van der Waals surface area contributed by atoms with E-state index in [0.29, 0.717) is 29.6 Å². The van der Waals surface area contributed by atoms with Crippen LogP contribution < -0.4 is 0 Å². The van der Waals surface area contributed by atoms with Crippen molar-refractivity contribution < 1.29 is 13.9 Å². The van der Waals surface area contributed by atoms with Crippen LogP contribution in [0.25, 0.3) is 11.4 Å². The average Bonchev–Trinajstić information content (AvgIpc) is 2.99. The van der Waals surface area contributed by atoms with E-state index >= 15 is 0 Å². The fourth-order valence-corrected chi connectivity index (χ4v) is 2.97. The first-order valence-electron chi connectivity index (χ1n) is 6.14. The minimum absolute atomic E-state index is 0.231. The third kappa shape index (κ3) is 2.29. The van der Waals surface area contributed by atoms with E-state index < -0.39 is 0 Å². The van der Waals surface area contributed by atoms with Gasteiger partial charge in [-0.1, -0.05) is 23.9 Å². The second kappa shape index (κ2) is 5.24. The summed E-state index contributed by atoms with van der Waals surface area (Å²) in [6.45, 7) is 0.439. The van der Waals surface area contributed by atoms with E-state index in [-0.39, 0.29) is 17.0 Å². The van der Waals surface area contributed by atoms with Crippen LogP contribution in [0.1, 0.15) is 6.42 Å². The van der Waals surface area contributed by atoms with Crippen molar-refractivity contribution in [1.29, 1.82) is 0 Å². The average molecular weight is 293 g/mol. The summed E-state index contributed by atoms with van der Waals surface area (Å²) >= 11 is 1.30. The summed E-state index contributed by atoms with van der Waals surface area (Å²) in [4.78, 5) is 11.5. The van der Waals surface area contributed by atoms with Crippen LogP contribution in [0.3, 0.4) is 0 Å². The molecule has 1 fully saturated rings. The van der Waals surface area contributed by atoms with Crippen LogP contribution in [-0.2, 0) is 16.6 Å². The van der Waals surface area contributed by atoms with Crippen molar-refractivity contribution in [1.82, 2.24) is 14.8 Å². The Morgan fingerprint density at radius 3 is 2.90 bits per heavy atom. The summed E-state index contributed by atoms with van der Waals surface area (Å²) < 4.78 is 20.4. The summed E-state index contributed by atoms with van der Waals surface area (Å²) in [7, 11) is 1.75. The molecular weight excluding hydrogens is 281 g/mol. The summed E-state index contributed by atoms with van der Waals surface area (Å²) in [5.74, 6) is -0.137. The zero-order valence-electron chi connectivity index (χ0n) is 10.7. The molecule has 5 nitrogen and oxygen atoms in total. The van der Waals surface area contributed by atoms with Gasteiger partial charge < -0.3 is 9.30 Å². The number of aromatic nitrogens is 3. The molecule has 0 saturated carbocycles. The van der Waals surface area contributed by atoms with Crippen LogP contribution in [0.15, 0.2) is 29.4 Å². The van der Waals surface area contributed by atoms with E-state index in [4.69, 9.17) is 4.74 Å². The molecule has 0 spiro atoms. The molecular formula is C13H12FN3O2S. The number of carbonyl (C=O) groups is 1. The molecule has 7 heteroatoms. The minimum Gasteiger partial charge on any atom is -0.465 e. The van der Waals surface area contributed by atoms with Crippen LogP contribution in [0.2, 0.25) is 0 Å². The molecule has 3 rings (SSSR count). The summed E-state index contributed by atoms with van der Waals surface area (Å²) in [5.41, 5.74) is 0.392. The lowest BCUT2D eigenvalue weighted by Gasteiger charge is -2.06. The van der Waals surface area contributed by atoms with E-state index in [1.54, 1.807) is 29.8 Å². The van der Waals surface area contributed by atoms with Crippen molar-refractivity contribution in [3.8, 4) is 11.4 Å². The minimum atomic E-state index is -0.347. The number of esters is 1. The molecule has 1 saturated heterocycles. The van der Waals surface area contributed by atoms with Crippen molar-refractivity contribution in [2.45, 2.75) is 16.8 Å². The number of ether oxygens (including phenoxy) is 1. The van der Waals surface area contributed by atoms with Gasteiger partial charge in [0.1, 0.15) is 11.1 Å². The molecule has 1 aromatic carbocycles. The lowest BCUT2D eigenvalue weighted by atomic mass is 10.2. The van der Waals surface area contributed by atoms with Crippen molar-refractivity contribution in [2.24, 2.45) is 7.05 Å². The lowest BCUT2D eigenvalue weighted by Crippen LogP contribution is -2.10. The molecule has 0 amide bonds. The molecule has 0 bridgehead atoms. The summed E-state index contributed by atoms with van der Waals surface area (Å²) in [6, 6.07) is 6.40. The molecule has 20 heavy (non-hydrogen) atoms. The van der Waals surface area contributed by atoms with Crippen LogP contribution in [-0.4, -0.2) is 32.6 Å². The molecule has 1 aliphatic rings. The predicted molar refractivity (Wildman–Crippen MR) is 71.6 cm³/mol. The normalized spacial score (nSPS) is 18.3. The first-order chi connectivity index (χ1) is 9.66. The molecule has 0 N–H and O–H groups in total. The second-order valence-electron chi connectivity index (χ2n) is 4.41. The molecule has 104 valence electrons. The van der Waals surface area contributed by atoms with E-state index in [9.17, 15) is 9.18 Å². The van der Waals surface area contributed by atoms with E-state index in [1.165, 1.54) is 17.8 Å². The van der Waals surface area contributed by atoms with E-state index in [2.05, 4.69) is 10.2 Å². The van der Waals surface area contributed by atoms with Gasteiger partial charge in [-0.3, -0.25) is 4.79 Å². The third-order valence-corrected chi connectivity index (χ3v) is 4.36. The number of halogens is 1. The number of hydrogen-bond donors (Lipinski definition) is 0. The van der Waals surface area contributed by atoms with Crippen molar-refractivity contribution in [3.05, 3.63) is 30.1 Å². The molecule has 0 radical (unpaired) electrons. The highest BCUT2D eigenvalue weighted by molar-refractivity contribution is 8.00. The Morgan fingerprint density at radius 1 is 1.40 bits per heavy atom. The highest BCUT2D eigenvalue weighted by atomic mass is 32.2. The SMILES string of the molecule is Cn1c(SC2CCOC2=O)nnc1-c1ccccc1F. The molecule has 2 aromatic rings. The number of thioether (sulfide) groups is 1. The first kappa shape index (κ1) is 13.1. The third-order valence-electron chi connectivity index (χ3n) is 3.08. The summed E-state index contributed by atoms with van der Waals surface area (Å²) in [6.07, 6.45) is 0.658. The Kier molecular flexibility index (Phi) is 3.43. The molecule has 2 heterocycles. The van der Waals surface area contributed by atoms with Gasteiger partial charge in [0.2, 0.25) is 0 Å². The fraction of sp³-hybridized carbons (Fsp3) is 0.308. The molecule has 1 atom stereocenters. The number of carbonyl (C=O) groups excluding carboxylic acids is 1. The van der Waals surface area contributed by atoms with Gasteiger partial charge in [-0.05, 0) is 12.1 Å². The van der Waals surface area contributed by atoms with E-state index in [0.717, 1.165) is 0 Å². The number of nitrogens with zero attached hydrogens (tertiary/aromatic N) is 3. The Labute approximate surface area is 119 Å². The zero-order valence-corrected chi connectivity index (χ0v) is 11.6. The van der Waals surface area contributed by atoms with E-state index in [1.807, 2.05) is 0 Å². The van der Waals surface area contributed by atoms with Gasteiger partial charge in [0.25, 0.3) is 0 Å². The largest absolute Gasteiger partial charge is 0.465 e. The van der Waals surface area contributed by atoms with Crippen LogP contribution >= 0.6 is 11.8 Å². The topological polar surface area (TPSA) is 57.0 Å². The fourth-order valence-electron chi connectivity index (χ4n) is 2.01. The van der Waals surface area contributed by atoms with Gasteiger partial charge in [0.05, 0.1) is 12.2 Å². The summed E-state index contributed by atoms with van der Waals surface area (Å²) in [5, 5.41) is 8.36. The van der Waals surface area contributed by atoms with Crippen molar-refractivity contribution in [2.75, 3.05) is 6.61 Å². The standard InChI is InChI=1S/C13H12FN3O2S/c1-17-11(8-4-2-3-5-9(8)14)15-16-13(17)20-10-6-7-19-12(10)18/h2-5,10H,6-7H2,1H3. The number of benzene rings is 1. The van der Waals surface area contributed by atoms with Crippen LogP contribution in [0.5, 0.6) is 0 Å². The van der Waals surface area contributed by atoms with Crippen molar-refractivity contribution in [3.63, 3.8) is 0 Å².